The van der Waals surface area contributed by atoms with Crippen molar-refractivity contribution in [2.45, 2.75) is 6.42 Å². The minimum absolute atomic E-state index is 0.240. The third-order valence-corrected chi connectivity index (χ3v) is 5.67. The summed E-state index contributed by atoms with van der Waals surface area (Å²) in [6, 6.07) is 14.2. The maximum Gasteiger partial charge on any atom is 0.265 e. The molecular formula is C22H19ClN2O4S. The van der Waals surface area contributed by atoms with Gasteiger partial charge in [0.05, 0.1) is 21.2 Å². The Morgan fingerprint density at radius 1 is 1.03 bits per heavy atom. The van der Waals surface area contributed by atoms with Gasteiger partial charge < -0.3 is 20.1 Å². The second-order valence-electron chi connectivity index (χ2n) is 6.58. The number of carbonyl (C=O) groups is 2. The summed E-state index contributed by atoms with van der Waals surface area (Å²) in [6.07, 6.45) is 0.575. The topological polar surface area (TPSA) is 76.7 Å². The summed E-state index contributed by atoms with van der Waals surface area (Å²) in [5, 5.41) is 8.03. The second-order valence-corrected chi connectivity index (χ2v) is 7.94. The van der Waals surface area contributed by atoms with Gasteiger partial charge in [-0.25, -0.2) is 0 Å². The number of hydrogen-bond acceptors (Lipinski definition) is 5. The zero-order valence-electron chi connectivity index (χ0n) is 15.9. The molecule has 30 heavy (non-hydrogen) atoms. The lowest BCUT2D eigenvalue weighted by molar-refractivity contribution is 0.0955. The molecule has 2 aromatic carbocycles. The summed E-state index contributed by atoms with van der Waals surface area (Å²) in [5.41, 5.74) is 1.81. The van der Waals surface area contributed by atoms with Gasteiger partial charge >= 0.3 is 0 Å². The first kappa shape index (κ1) is 20.3. The van der Waals surface area contributed by atoms with Gasteiger partial charge in [0.1, 0.15) is 13.2 Å². The normalized spacial score (nSPS) is 12.3. The minimum Gasteiger partial charge on any atom is -0.486 e. The molecule has 6 nitrogen and oxygen atoms in total. The van der Waals surface area contributed by atoms with Crippen LogP contribution in [0.15, 0.2) is 53.9 Å². The van der Waals surface area contributed by atoms with E-state index in [-0.39, 0.29) is 11.8 Å². The van der Waals surface area contributed by atoms with Crippen LogP contribution in [-0.2, 0) is 6.42 Å². The number of ether oxygens (including phenoxy) is 2. The number of fused-ring (bicyclic) bond motifs is 1. The van der Waals surface area contributed by atoms with E-state index in [1.54, 1.807) is 30.3 Å². The van der Waals surface area contributed by atoms with E-state index in [1.807, 2.05) is 23.6 Å². The van der Waals surface area contributed by atoms with Gasteiger partial charge in [0.2, 0.25) is 0 Å². The molecule has 3 aromatic rings. The highest BCUT2D eigenvalue weighted by Gasteiger charge is 2.17. The Morgan fingerprint density at radius 2 is 1.87 bits per heavy atom. The summed E-state index contributed by atoms with van der Waals surface area (Å²) >= 11 is 7.61. The fourth-order valence-electron chi connectivity index (χ4n) is 3.11. The number of rotatable bonds is 6. The number of halogens is 1. The molecule has 0 aliphatic carbocycles. The molecule has 0 saturated carbocycles. The van der Waals surface area contributed by atoms with E-state index in [0.29, 0.717) is 58.8 Å². The molecule has 0 unspecified atom stereocenters. The average Bonchev–Trinajstić information content (AvgIpc) is 3.29. The van der Waals surface area contributed by atoms with Crippen LogP contribution in [-0.4, -0.2) is 31.6 Å². The van der Waals surface area contributed by atoms with Crippen LogP contribution >= 0.6 is 22.9 Å². The van der Waals surface area contributed by atoms with Gasteiger partial charge in [-0.1, -0.05) is 29.8 Å². The predicted octanol–water partition coefficient (Wildman–Crippen LogP) is 4.40. The first-order chi connectivity index (χ1) is 14.6. The lowest BCUT2D eigenvalue weighted by Crippen LogP contribution is -2.27. The van der Waals surface area contributed by atoms with Crippen LogP contribution in [0.5, 0.6) is 11.5 Å². The SMILES string of the molecule is O=C(Nc1ccccc1C(=O)NCCc1cc(Cl)c2c(c1)OCCO2)c1cccs1. The highest BCUT2D eigenvalue weighted by molar-refractivity contribution is 7.12. The van der Waals surface area contributed by atoms with E-state index in [1.165, 1.54) is 11.3 Å². The van der Waals surface area contributed by atoms with E-state index >= 15 is 0 Å². The van der Waals surface area contributed by atoms with Gasteiger partial charge in [-0.2, -0.15) is 0 Å². The Morgan fingerprint density at radius 3 is 2.70 bits per heavy atom. The summed E-state index contributed by atoms with van der Waals surface area (Å²) in [6.45, 7) is 1.37. The van der Waals surface area contributed by atoms with Crippen LogP contribution in [0.25, 0.3) is 0 Å². The Balaban J connectivity index is 1.39. The maximum absolute atomic E-state index is 12.7. The maximum atomic E-state index is 12.7. The van der Waals surface area contributed by atoms with Crippen molar-refractivity contribution in [1.82, 2.24) is 5.32 Å². The molecule has 4 rings (SSSR count). The molecule has 1 aliphatic rings. The van der Waals surface area contributed by atoms with Crippen molar-refractivity contribution in [2.75, 3.05) is 25.1 Å². The van der Waals surface area contributed by atoms with Crippen molar-refractivity contribution < 1.29 is 19.1 Å². The van der Waals surface area contributed by atoms with Gasteiger partial charge in [-0.05, 0) is 47.7 Å². The molecular weight excluding hydrogens is 424 g/mol. The zero-order valence-corrected chi connectivity index (χ0v) is 17.5. The fraction of sp³-hybridized carbons (Fsp3) is 0.182. The Hall–Kier alpha value is -3.03. The fourth-order valence-corrected chi connectivity index (χ4v) is 4.01. The smallest absolute Gasteiger partial charge is 0.265 e. The number of hydrogen-bond donors (Lipinski definition) is 2. The van der Waals surface area contributed by atoms with Gasteiger partial charge in [0.25, 0.3) is 11.8 Å². The second kappa shape index (κ2) is 9.19. The van der Waals surface area contributed by atoms with Gasteiger partial charge in [0, 0.05) is 6.54 Å². The van der Waals surface area contributed by atoms with E-state index in [9.17, 15) is 9.59 Å². The number of amides is 2. The highest BCUT2D eigenvalue weighted by Crippen LogP contribution is 2.38. The van der Waals surface area contributed by atoms with Crippen molar-refractivity contribution in [1.29, 1.82) is 0 Å². The van der Waals surface area contributed by atoms with Crippen molar-refractivity contribution in [2.24, 2.45) is 0 Å². The summed E-state index contributed by atoms with van der Waals surface area (Å²) in [7, 11) is 0. The summed E-state index contributed by atoms with van der Waals surface area (Å²) in [5.74, 6) is 0.680. The Kier molecular flexibility index (Phi) is 6.21. The van der Waals surface area contributed by atoms with Crippen LogP contribution in [0.1, 0.15) is 25.6 Å². The number of anilines is 1. The molecule has 0 bridgehead atoms. The lowest BCUT2D eigenvalue weighted by Gasteiger charge is -2.20. The van der Waals surface area contributed by atoms with Crippen molar-refractivity contribution in [3.8, 4) is 11.5 Å². The first-order valence-electron chi connectivity index (χ1n) is 9.42. The van der Waals surface area contributed by atoms with E-state index < -0.39 is 0 Å². The minimum atomic E-state index is -0.263. The molecule has 0 fully saturated rings. The van der Waals surface area contributed by atoms with Crippen LogP contribution in [0.4, 0.5) is 5.69 Å². The number of carbonyl (C=O) groups excluding carboxylic acids is 2. The third kappa shape index (κ3) is 4.58. The van der Waals surface area contributed by atoms with E-state index in [4.69, 9.17) is 21.1 Å². The molecule has 8 heteroatoms. The average molecular weight is 443 g/mol. The molecule has 0 radical (unpaired) electrons. The molecule has 1 aromatic heterocycles. The predicted molar refractivity (Wildman–Crippen MR) is 117 cm³/mol. The van der Waals surface area contributed by atoms with Crippen LogP contribution in [0.3, 0.4) is 0 Å². The number of benzene rings is 2. The van der Waals surface area contributed by atoms with E-state index in [2.05, 4.69) is 10.6 Å². The third-order valence-electron chi connectivity index (χ3n) is 4.52. The molecule has 0 saturated heterocycles. The Labute approximate surface area is 182 Å². The van der Waals surface area contributed by atoms with Crippen molar-refractivity contribution in [3.63, 3.8) is 0 Å². The highest BCUT2D eigenvalue weighted by atomic mass is 35.5. The number of thiophene rings is 1. The largest absolute Gasteiger partial charge is 0.486 e. The van der Waals surface area contributed by atoms with Crippen molar-refractivity contribution in [3.05, 3.63) is 74.9 Å². The number of para-hydroxylation sites is 1. The molecule has 2 N–H and O–H groups in total. The van der Waals surface area contributed by atoms with Crippen LogP contribution in [0, 0.1) is 0 Å². The molecule has 0 spiro atoms. The van der Waals surface area contributed by atoms with Gasteiger partial charge in [-0.3, -0.25) is 9.59 Å². The van der Waals surface area contributed by atoms with Gasteiger partial charge in [-0.15, -0.1) is 11.3 Å². The summed E-state index contributed by atoms with van der Waals surface area (Å²) in [4.78, 5) is 25.6. The molecule has 0 atom stereocenters. The van der Waals surface area contributed by atoms with E-state index in [0.717, 1.165) is 5.56 Å². The Bertz CT molecular complexity index is 1070. The standard InChI is InChI=1S/C22H19ClN2O4S/c23-16-12-14(13-18-20(16)29-10-9-28-18)7-8-24-21(26)15-4-1-2-5-17(15)25-22(27)19-6-3-11-30-19/h1-6,11-13H,7-10H2,(H,24,26)(H,25,27). The molecule has 1 aliphatic heterocycles. The molecule has 2 heterocycles. The van der Waals surface area contributed by atoms with Crippen LogP contribution in [0.2, 0.25) is 5.02 Å². The lowest BCUT2D eigenvalue weighted by atomic mass is 10.1. The summed E-state index contributed by atoms with van der Waals surface area (Å²) < 4.78 is 11.1. The van der Waals surface area contributed by atoms with Crippen molar-refractivity contribution >= 4 is 40.4 Å². The van der Waals surface area contributed by atoms with Crippen LogP contribution < -0.4 is 20.1 Å². The van der Waals surface area contributed by atoms with Gasteiger partial charge in [0.15, 0.2) is 11.5 Å². The quantitative estimate of drug-likeness (QED) is 0.593. The zero-order chi connectivity index (χ0) is 20.9. The number of nitrogens with one attached hydrogen (secondary N) is 2. The molecule has 2 amide bonds. The molecule has 154 valence electrons. The first-order valence-corrected chi connectivity index (χ1v) is 10.7. The monoisotopic (exact) mass is 442 g/mol.